The fraction of sp³-hybridized carbons (Fsp3) is 0.538. The molecule has 0 saturated heterocycles. The summed E-state index contributed by atoms with van der Waals surface area (Å²) in [6, 6.07) is 11.1. The van der Waals surface area contributed by atoms with Crippen LogP contribution in [0.3, 0.4) is 0 Å². The molecule has 2 atom stereocenters. The minimum absolute atomic E-state index is 0.537. The van der Waals surface area contributed by atoms with E-state index in [9.17, 15) is 0 Å². The summed E-state index contributed by atoms with van der Waals surface area (Å²) in [5.74, 6) is 0. The van der Waals surface area contributed by atoms with Crippen molar-refractivity contribution in [2.24, 2.45) is 0 Å². The summed E-state index contributed by atoms with van der Waals surface area (Å²) < 4.78 is 1.05. The van der Waals surface area contributed by atoms with Crippen molar-refractivity contribution < 1.29 is 0 Å². The molecule has 1 fully saturated rings. The second kappa shape index (κ2) is 3.26. The molecule has 1 saturated carbocycles. The molecule has 1 aliphatic rings. The predicted octanol–water partition coefficient (Wildman–Crippen LogP) is 4.06. The fourth-order valence-electron chi connectivity index (χ4n) is 2.76. The van der Waals surface area contributed by atoms with Gasteiger partial charge in [0.25, 0.3) is 0 Å². The van der Waals surface area contributed by atoms with Crippen LogP contribution in [0.1, 0.15) is 18.9 Å². The van der Waals surface area contributed by atoms with Gasteiger partial charge in [0.05, 0.1) is 0 Å². The van der Waals surface area contributed by atoms with Gasteiger partial charge < -0.3 is 0 Å². The first-order chi connectivity index (χ1) is 6.44. The van der Waals surface area contributed by atoms with Gasteiger partial charge in [-0.25, -0.2) is 0 Å². The van der Waals surface area contributed by atoms with Gasteiger partial charge in [0, 0.05) is 0 Å². The van der Waals surface area contributed by atoms with Crippen LogP contribution in [0.2, 0.25) is 18.8 Å². The van der Waals surface area contributed by atoms with Crippen molar-refractivity contribution in [3.63, 3.8) is 0 Å². The molecule has 0 aromatic heterocycles. The Morgan fingerprint density at radius 1 is 1.14 bits per heavy atom. The van der Waals surface area contributed by atoms with Crippen LogP contribution in [0.4, 0.5) is 0 Å². The van der Waals surface area contributed by atoms with Crippen LogP contribution < -0.4 is 0 Å². The van der Waals surface area contributed by atoms with Gasteiger partial charge in [-0.2, -0.15) is 0 Å². The molecule has 1 aliphatic carbocycles. The van der Waals surface area contributed by atoms with Crippen LogP contribution in [0.5, 0.6) is 0 Å². The second-order valence-corrected chi connectivity index (χ2v) is 21.4. The van der Waals surface area contributed by atoms with Crippen molar-refractivity contribution in [1.82, 2.24) is 0 Å². The van der Waals surface area contributed by atoms with Gasteiger partial charge in [0.2, 0.25) is 0 Å². The molecule has 1 heteroatoms. The van der Waals surface area contributed by atoms with E-state index in [4.69, 9.17) is 0 Å². The topological polar surface area (TPSA) is 0 Å². The Balaban J connectivity index is 2.23. The van der Waals surface area contributed by atoms with Crippen molar-refractivity contribution in [2.75, 3.05) is 0 Å². The SMILES string of the molecule is C[C@]1(c2ccccc2)C[C@@H]1[Sn]([CH3])([CH3])[CH3]. The van der Waals surface area contributed by atoms with Gasteiger partial charge in [0.15, 0.2) is 0 Å². The summed E-state index contributed by atoms with van der Waals surface area (Å²) in [6.07, 6.45) is 1.44. The molecule has 0 nitrogen and oxygen atoms in total. The van der Waals surface area contributed by atoms with Gasteiger partial charge in [-0.15, -0.1) is 0 Å². The first kappa shape index (κ1) is 10.5. The summed E-state index contributed by atoms with van der Waals surface area (Å²) in [6.45, 7) is 2.45. The van der Waals surface area contributed by atoms with E-state index < -0.39 is 18.4 Å². The molecule has 0 unspecified atom stereocenters. The molecule has 0 heterocycles. The van der Waals surface area contributed by atoms with E-state index in [1.54, 1.807) is 5.56 Å². The first-order valence-corrected chi connectivity index (χ1v) is 15.7. The molecule has 0 radical (unpaired) electrons. The molecule has 0 bridgehead atoms. The Morgan fingerprint density at radius 3 is 2.14 bits per heavy atom. The summed E-state index contributed by atoms with van der Waals surface area (Å²) in [4.78, 5) is 7.69. The molecular weight excluding hydrogens is 275 g/mol. The van der Waals surface area contributed by atoms with E-state index in [2.05, 4.69) is 52.1 Å². The summed E-state index contributed by atoms with van der Waals surface area (Å²) in [5.41, 5.74) is 2.10. The van der Waals surface area contributed by atoms with Crippen LogP contribution in [-0.4, -0.2) is 18.4 Å². The molecule has 0 amide bonds. The molecule has 14 heavy (non-hydrogen) atoms. The molecule has 0 N–H and O–H groups in total. The summed E-state index contributed by atoms with van der Waals surface area (Å²) in [5, 5.41) is 0. The van der Waals surface area contributed by atoms with E-state index in [0.717, 1.165) is 3.93 Å². The molecule has 76 valence electrons. The van der Waals surface area contributed by atoms with Gasteiger partial charge >= 0.3 is 91.8 Å². The van der Waals surface area contributed by atoms with E-state index in [-0.39, 0.29) is 0 Å². The van der Waals surface area contributed by atoms with E-state index >= 15 is 0 Å². The monoisotopic (exact) mass is 296 g/mol. The van der Waals surface area contributed by atoms with E-state index in [1.807, 2.05) is 0 Å². The van der Waals surface area contributed by atoms with Crippen molar-refractivity contribution in [3.8, 4) is 0 Å². The van der Waals surface area contributed by atoms with Crippen LogP contribution in [0.25, 0.3) is 0 Å². The van der Waals surface area contributed by atoms with E-state index in [0.29, 0.717) is 5.41 Å². The Bertz CT molecular complexity index is 323. The Labute approximate surface area is 91.6 Å². The average Bonchev–Trinajstić information content (AvgIpc) is 2.81. The third-order valence-electron chi connectivity index (χ3n) is 3.72. The number of hydrogen-bond acceptors (Lipinski definition) is 0. The molecule has 0 aliphatic heterocycles. The Morgan fingerprint density at radius 2 is 1.71 bits per heavy atom. The quantitative estimate of drug-likeness (QED) is 0.722. The van der Waals surface area contributed by atoms with Gasteiger partial charge in [-0.3, -0.25) is 0 Å². The van der Waals surface area contributed by atoms with Crippen molar-refractivity contribution in [1.29, 1.82) is 0 Å². The zero-order chi connectivity index (χ0) is 10.4. The number of hydrogen-bond donors (Lipinski definition) is 0. The summed E-state index contributed by atoms with van der Waals surface area (Å²) in [7, 11) is 0. The maximum absolute atomic E-state index is 2.56. The molecule has 1 aromatic rings. The van der Waals surface area contributed by atoms with Crippen molar-refractivity contribution in [2.45, 2.75) is 37.5 Å². The van der Waals surface area contributed by atoms with Crippen LogP contribution in [0, 0.1) is 0 Å². The first-order valence-electron chi connectivity index (χ1n) is 5.50. The Kier molecular flexibility index (Phi) is 2.45. The molecular formula is C13H20Sn. The average molecular weight is 295 g/mol. The normalized spacial score (nSPS) is 31.6. The minimum atomic E-state index is -1.65. The second-order valence-electron chi connectivity index (χ2n) is 5.91. The molecule has 2 rings (SSSR count). The van der Waals surface area contributed by atoms with Crippen LogP contribution in [0.15, 0.2) is 30.3 Å². The third-order valence-corrected chi connectivity index (χ3v) is 12.1. The third kappa shape index (κ3) is 1.73. The van der Waals surface area contributed by atoms with Crippen LogP contribution >= 0.6 is 0 Å². The molecule has 1 aromatic carbocycles. The molecule has 0 spiro atoms. The number of rotatable bonds is 2. The van der Waals surface area contributed by atoms with Crippen molar-refractivity contribution >= 4 is 18.4 Å². The predicted molar refractivity (Wildman–Crippen MR) is 65.5 cm³/mol. The van der Waals surface area contributed by atoms with Crippen LogP contribution in [-0.2, 0) is 5.41 Å². The maximum atomic E-state index is 2.56. The Hall–Kier alpha value is 0.0187. The zero-order valence-electron chi connectivity index (χ0n) is 9.67. The fourth-order valence-corrected chi connectivity index (χ4v) is 11.7. The van der Waals surface area contributed by atoms with Gasteiger partial charge in [-0.1, -0.05) is 0 Å². The van der Waals surface area contributed by atoms with E-state index in [1.165, 1.54) is 6.42 Å². The zero-order valence-corrected chi connectivity index (χ0v) is 12.5. The van der Waals surface area contributed by atoms with Crippen molar-refractivity contribution in [3.05, 3.63) is 35.9 Å². The standard InChI is InChI=1S/C10H11.3CH3.Sn/c1-10(7-8-10)9-5-3-2-4-6-9;;;;/h2-7H,8H2,1H3;3*1H3;/t10-;;;;/m1..../s1. The summed E-state index contributed by atoms with van der Waals surface area (Å²) >= 11 is -1.65. The van der Waals surface area contributed by atoms with Gasteiger partial charge in [-0.05, 0) is 0 Å². The van der Waals surface area contributed by atoms with Gasteiger partial charge in [0.1, 0.15) is 0 Å². The number of benzene rings is 1.